The van der Waals surface area contributed by atoms with Crippen molar-refractivity contribution in [2.75, 3.05) is 25.0 Å². The van der Waals surface area contributed by atoms with E-state index in [1.54, 1.807) is 4.90 Å². The maximum Gasteiger partial charge on any atom is 0.422 e. The van der Waals surface area contributed by atoms with Crippen LogP contribution in [0.3, 0.4) is 0 Å². The third kappa shape index (κ3) is 4.24. The molecule has 0 radical (unpaired) electrons. The maximum atomic E-state index is 12.3. The summed E-state index contributed by atoms with van der Waals surface area (Å²) in [7, 11) is 0. The Hall–Kier alpha value is -2.36. The van der Waals surface area contributed by atoms with Gasteiger partial charge in [0.1, 0.15) is 5.75 Å². The average Bonchev–Trinajstić information content (AvgIpc) is 3.14. The molecule has 1 aliphatic rings. The number of aromatic nitrogens is 1. The van der Waals surface area contributed by atoms with E-state index in [0.717, 1.165) is 11.3 Å². The predicted molar refractivity (Wildman–Crippen MR) is 90.2 cm³/mol. The topological polar surface area (TPSA) is 71.5 Å². The van der Waals surface area contributed by atoms with Gasteiger partial charge in [-0.15, -0.1) is 0 Å². The number of nitrogens with one attached hydrogen (secondary N) is 1. The van der Waals surface area contributed by atoms with Gasteiger partial charge >= 0.3 is 6.18 Å². The number of ether oxygens (including phenoxy) is 1. The highest BCUT2D eigenvalue weighted by Crippen LogP contribution is 2.30. The summed E-state index contributed by atoms with van der Waals surface area (Å²) in [5, 5.41) is 3.02. The van der Waals surface area contributed by atoms with Crippen LogP contribution in [0.25, 0.3) is 10.2 Å². The molecule has 1 saturated heterocycles. The first-order chi connectivity index (χ1) is 12.2. The monoisotopic (exact) mass is 387 g/mol. The Bertz CT molecular complexity index is 837. The molecule has 3 rings (SSSR count). The molecule has 6 nitrogen and oxygen atoms in total. The van der Waals surface area contributed by atoms with Crippen molar-refractivity contribution in [1.29, 1.82) is 0 Å². The summed E-state index contributed by atoms with van der Waals surface area (Å²) in [6.07, 6.45) is -4.24. The standard InChI is InChI=1S/C16H16F3N3O3S/c1-2-22-7-9(5-13(22)23)14(24)21-15-20-11-4-3-10(6-12(11)26-15)25-8-16(17,18)19/h3-4,6,9H,2,5,7-8H2,1H3,(H,20,21,24). The van der Waals surface area contributed by atoms with Gasteiger partial charge in [0.05, 0.1) is 16.1 Å². The summed E-state index contributed by atoms with van der Waals surface area (Å²) in [6, 6.07) is 4.38. The van der Waals surface area contributed by atoms with Gasteiger partial charge in [0, 0.05) is 19.5 Å². The number of rotatable bonds is 5. The number of anilines is 1. The highest BCUT2D eigenvalue weighted by atomic mass is 32.1. The normalized spacial score (nSPS) is 17.8. The first-order valence-corrected chi connectivity index (χ1v) is 8.75. The van der Waals surface area contributed by atoms with Gasteiger partial charge in [-0.25, -0.2) is 4.98 Å². The van der Waals surface area contributed by atoms with Crippen LogP contribution >= 0.6 is 11.3 Å². The molecule has 0 aliphatic carbocycles. The Kier molecular flexibility index (Phi) is 5.03. The largest absolute Gasteiger partial charge is 0.484 e. The Balaban J connectivity index is 1.67. The van der Waals surface area contributed by atoms with Gasteiger partial charge in [-0.3, -0.25) is 9.59 Å². The second-order valence-electron chi connectivity index (χ2n) is 5.88. The van der Waals surface area contributed by atoms with E-state index < -0.39 is 18.7 Å². The number of likely N-dealkylation sites (tertiary alicyclic amines) is 1. The zero-order valence-corrected chi connectivity index (χ0v) is 14.6. The van der Waals surface area contributed by atoms with Gasteiger partial charge in [-0.1, -0.05) is 11.3 Å². The molecule has 2 heterocycles. The Labute approximate surface area is 150 Å². The van der Waals surface area contributed by atoms with E-state index in [0.29, 0.717) is 28.4 Å². The molecule has 1 aliphatic heterocycles. The molecule has 26 heavy (non-hydrogen) atoms. The van der Waals surface area contributed by atoms with Crippen molar-refractivity contribution in [2.45, 2.75) is 19.5 Å². The molecule has 1 fully saturated rings. The summed E-state index contributed by atoms with van der Waals surface area (Å²) >= 11 is 1.14. The van der Waals surface area contributed by atoms with Crippen molar-refractivity contribution in [3.05, 3.63) is 18.2 Å². The lowest BCUT2D eigenvalue weighted by Gasteiger charge is -2.12. The average molecular weight is 387 g/mol. The molecule has 2 aromatic rings. The number of hydrogen-bond donors (Lipinski definition) is 1. The van der Waals surface area contributed by atoms with Gasteiger partial charge in [-0.2, -0.15) is 13.2 Å². The van der Waals surface area contributed by atoms with Crippen LogP contribution in [0.2, 0.25) is 0 Å². The van der Waals surface area contributed by atoms with E-state index in [2.05, 4.69) is 10.3 Å². The number of fused-ring (bicyclic) bond motifs is 1. The van der Waals surface area contributed by atoms with E-state index in [1.807, 2.05) is 6.92 Å². The summed E-state index contributed by atoms with van der Waals surface area (Å²) < 4.78 is 42.0. The molecular formula is C16H16F3N3O3S. The number of benzene rings is 1. The molecule has 1 aromatic carbocycles. The fourth-order valence-electron chi connectivity index (χ4n) is 2.67. The quantitative estimate of drug-likeness (QED) is 0.856. The molecule has 2 amide bonds. The molecule has 140 valence electrons. The minimum atomic E-state index is -4.41. The number of thiazole rings is 1. The first-order valence-electron chi connectivity index (χ1n) is 7.94. The number of hydrogen-bond acceptors (Lipinski definition) is 5. The number of carbonyl (C=O) groups is 2. The van der Waals surface area contributed by atoms with Crippen LogP contribution < -0.4 is 10.1 Å². The van der Waals surface area contributed by atoms with E-state index in [4.69, 9.17) is 4.74 Å². The molecular weight excluding hydrogens is 371 g/mol. The zero-order valence-electron chi connectivity index (χ0n) is 13.8. The van der Waals surface area contributed by atoms with Crippen LogP contribution in [0.4, 0.5) is 18.3 Å². The van der Waals surface area contributed by atoms with Crippen LogP contribution in [-0.4, -0.2) is 47.6 Å². The maximum absolute atomic E-state index is 12.3. The highest BCUT2D eigenvalue weighted by Gasteiger charge is 2.33. The Morgan fingerprint density at radius 3 is 2.88 bits per heavy atom. The van der Waals surface area contributed by atoms with Crippen LogP contribution in [0.1, 0.15) is 13.3 Å². The van der Waals surface area contributed by atoms with Gasteiger partial charge in [-0.05, 0) is 25.1 Å². The summed E-state index contributed by atoms with van der Waals surface area (Å²) in [5.74, 6) is -0.693. The second-order valence-corrected chi connectivity index (χ2v) is 6.91. The van der Waals surface area contributed by atoms with Crippen LogP contribution in [0.5, 0.6) is 5.75 Å². The minimum absolute atomic E-state index is 0.0524. The third-order valence-corrected chi connectivity index (χ3v) is 4.89. The zero-order chi connectivity index (χ0) is 18.9. The van der Waals surface area contributed by atoms with Gasteiger partial charge in [0.15, 0.2) is 11.7 Å². The van der Waals surface area contributed by atoms with Crippen LogP contribution in [-0.2, 0) is 9.59 Å². The van der Waals surface area contributed by atoms with Crippen molar-refractivity contribution >= 4 is 38.5 Å². The van der Waals surface area contributed by atoms with Crippen LogP contribution in [0.15, 0.2) is 18.2 Å². The summed E-state index contributed by atoms with van der Waals surface area (Å²) in [5.41, 5.74) is 0.544. The molecule has 1 N–H and O–H groups in total. The highest BCUT2D eigenvalue weighted by molar-refractivity contribution is 7.22. The lowest BCUT2D eigenvalue weighted by atomic mass is 10.1. The van der Waals surface area contributed by atoms with Crippen molar-refractivity contribution in [1.82, 2.24) is 9.88 Å². The number of carbonyl (C=O) groups excluding carboxylic acids is 2. The number of alkyl halides is 3. The van der Waals surface area contributed by atoms with E-state index >= 15 is 0 Å². The molecule has 0 spiro atoms. The number of halogens is 3. The van der Waals surface area contributed by atoms with Crippen LogP contribution in [0, 0.1) is 5.92 Å². The van der Waals surface area contributed by atoms with Crippen molar-refractivity contribution in [3.63, 3.8) is 0 Å². The molecule has 0 saturated carbocycles. The van der Waals surface area contributed by atoms with Crippen molar-refractivity contribution in [3.8, 4) is 5.75 Å². The van der Waals surface area contributed by atoms with Gasteiger partial charge < -0.3 is 15.0 Å². The molecule has 1 aromatic heterocycles. The van der Waals surface area contributed by atoms with Crippen molar-refractivity contribution < 1.29 is 27.5 Å². The van der Waals surface area contributed by atoms with E-state index in [9.17, 15) is 22.8 Å². The van der Waals surface area contributed by atoms with Gasteiger partial charge in [0.25, 0.3) is 0 Å². The Morgan fingerprint density at radius 2 is 2.23 bits per heavy atom. The SMILES string of the molecule is CCN1CC(C(=O)Nc2nc3ccc(OCC(F)(F)F)cc3s2)CC1=O. The second kappa shape index (κ2) is 7.10. The van der Waals surface area contributed by atoms with Crippen molar-refractivity contribution in [2.24, 2.45) is 5.92 Å². The predicted octanol–water partition coefficient (Wildman–Crippen LogP) is 3.04. The summed E-state index contributed by atoms with van der Waals surface area (Å²) in [6.45, 7) is 1.42. The molecule has 0 bridgehead atoms. The molecule has 1 unspecified atom stereocenters. The lowest BCUT2D eigenvalue weighted by molar-refractivity contribution is -0.153. The fourth-order valence-corrected chi connectivity index (χ4v) is 3.57. The number of amides is 2. The molecule has 10 heteroatoms. The van der Waals surface area contributed by atoms with E-state index in [1.165, 1.54) is 18.2 Å². The number of nitrogens with zero attached hydrogens (tertiary/aromatic N) is 2. The van der Waals surface area contributed by atoms with Gasteiger partial charge in [0.2, 0.25) is 11.8 Å². The molecule has 1 atom stereocenters. The summed E-state index contributed by atoms with van der Waals surface area (Å²) in [4.78, 5) is 29.9. The smallest absolute Gasteiger partial charge is 0.422 e. The fraction of sp³-hybridized carbons (Fsp3) is 0.438. The third-order valence-electron chi connectivity index (χ3n) is 3.96. The first kappa shape index (κ1) is 18.4. The minimum Gasteiger partial charge on any atom is -0.484 e. The Morgan fingerprint density at radius 1 is 1.46 bits per heavy atom. The lowest BCUT2D eigenvalue weighted by Crippen LogP contribution is -2.28. The van der Waals surface area contributed by atoms with E-state index in [-0.39, 0.29) is 24.0 Å².